The molecule has 1 amide bonds. The number of hydrogen-bond acceptors (Lipinski definition) is 2. The predicted molar refractivity (Wildman–Crippen MR) is 52.0 cm³/mol. The van der Waals surface area contributed by atoms with E-state index in [0.717, 1.165) is 11.3 Å². The molecular formula is C8H10ClNOS. The van der Waals surface area contributed by atoms with E-state index in [-0.39, 0.29) is 5.91 Å². The molecule has 0 aliphatic rings. The minimum Gasteiger partial charge on any atom is -0.351 e. The number of halogens is 1. The molecule has 2 nitrogen and oxygen atoms in total. The van der Waals surface area contributed by atoms with Gasteiger partial charge in [-0.25, -0.2) is 0 Å². The van der Waals surface area contributed by atoms with E-state index in [1.807, 2.05) is 11.4 Å². The van der Waals surface area contributed by atoms with E-state index in [1.54, 1.807) is 6.07 Å². The van der Waals surface area contributed by atoms with Crippen molar-refractivity contribution in [2.24, 2.45) is 0 Å². The Morgan fingerprint density at radius 2 is 2.50 bits per heavy atom. The van der Waals surface area contributed by atoms with Crippen LogP contribution in [0, 0.1) is 0 Å². The lowest BCUT2D eigenvalue weighted by molar-refractivity contribution is 0.0958. The summed E-state index contributed by atoms with van der Waals surface area (Å²) in [6, 6.07) is 3.67. The predicted octanol–water partition coefficient (Wildman–Crippen LogP) is 2.11. The largest absolute Gasteiger partial charge is 0.351 e. The van der Waals surface area contributed by atoms with Gasteiger partial charge in [0.2, 0.25) is 0 Å². The summed E-state index contributed by atoms with van der Waals surface area (Å²) in [7, 11) is 0. The zero-order valence-electron chi connectivity index (χ0n) is 6.55. The molecule has 1 heterocycles. The van der Waals surface area contributed by atoms with Crippen LogP contribution in [0.4, 0.5) is 0 Å². The second-order valence-electron chi connectivity index (χ2n) is 2.28. The van der Waals surface area contributed by atoms with Crippen LogP contribution in [0.25, 0.3) is 0 Å². The van der Waals surface area contributed by atoms with E-state index in [2.05, 4.69) is 5.32 Å². The van der Waals surface area contributed by atoms with Gasteiger partial charge in [-0.3, -0.25) is 4.79 Å². The number of rotatable bonds is 4. The van der Waals surface area contributed by atoms with Crippen LogP contribution in [-0.4, -0.2) is 18.3 Å². The van der Waals surface area contributed by atoms with E-state index in [0.29, 0.717) is 12.4 Å². The van der Waals surface area contributed by atoms with Crippen molar-refractivity contribution in [3.05, 3.63) is 22.4 Å². The third-order valence-electron chi connectivity index (χ3n) is 1.34. The lowest BCUT2D eigenvalue weighted by Gasteiger charge is -1.99. The zero-order chi connectivity index (χ0) is 8.81. The number of alkyl halides is 1. The topological polar surface area (TPSA) is 29.1 Å². The maximum absolute atomic E-state index is 11.2. The molecule has 0 fully saturated rings. The number of amides is 1. The SMILES string of the molecule is O=C(NCCCCl)c1cccs1. The molecule has 0 radical (unpaired) electrons. The Bertz CT molecular complexity index is 235. The van der Waals surface area contributed by atoms with E-state index in [9.17, 15) is 4.79 Å². The Hall–Kier alpha value is -0.540. The van der Waals surface area contributed by atoms with Crippen molar-refractivity contribution < 1.29 is 4.79 Å². The Kier molecular flexibility index (Phi) is 4.11. The first-order valence-corrected chi connectivity index (χ1v) is 5.13. The van der Waals surface area contributed by atoms with Gasteiger partial charge in [-0.1, -0.05) is 6.07 Å². The van der Waals surface area contributed by atoms with Gasteiger partial charge >= 0.3 is 0 Å². The average Bonchev–Trinajstić information content (AvgIpc) is 2.56. The molecule has 4 heteroatoms. The summed E-state index contributed by atoms with van der Waals surface area (Å²) in [6.45, 7) is 0.653. The first kappa shape index (κ1) is 9.55. The molecular weight excluding hydrogens is 194 g/mol. The first-order chi connectivity index (χ1) is 5.84. The molecule has 0 aliphatic carbocycles. The summed E-state index contributed by atoms with van der Waals surface area (Å²) in [5.74, 6) is 0.583. The highest BCUT2D eigenvalue weighted by Crippen LogP contribution is 2.07. The molecule has 12 heavy (non-hydrogen) atoms. The summed E-state index contributed by atoms with van der Waals surface area (Å²) >= 11 is 6.91. The summed E-state index contributed by atoms with van der Waals surface area (Å²) in [4.78, 5) is 12.0. The number of hydrogen-bond donors (Lipinski definition) is 1. The molecule has 1 aromatic heterocycles. The third kappa shape index (κ3) is 2.83. The van der Waals surface area contributed by atoms with Crippen molar-refractivity contribution in [1.82, 2.24) is 5.32 Å². The van der Waals surface area contributed by atoms with Gasteiger partial charge < -0.3 is 5.32 Å². The molecule has 1 aromatic rings. The normalized spacial score (nSPS) is 9.75. The molecule has 1 N–H and O–H groups in total. The van der Waals surface area contributed by atoms with Gasteiger partial charge in [0, 0.05) is 12.4 Å². The molecule has 66 valence electrons. The summed E-state index contributed by atoms with van der Waals surface area (Å²) < 4.78 is 0. The summed E-state index contributed by atoms with van der Waals surface area (Å²) in [5, 5.41) is 4.66. The lowest BCUT2D eigenvalue weighted by atomic mass is 10.4. The molecule has 1 rings (SSSR count). The highest BCUT2D eigenvalue weighted by atomic mass is 35.5. The summed E-state index contributed by atoms with van der Waals surface area (Å²) in [5.41, 5.74) is 0. The minimum absolute atomic E-state index is 0.00452. The van der Waals surface area contributed by atoms with Gasteiger partial charge in [-0.15, -0.1) is 22.9 Å². The van der Waals surface area contributed by atoms with Crippen LogP contribution in [0.3, 0.4) is 0 Å². The summed E-state index contributed by atoms with van der Waals surface area (Å²) in [6.07, 6.45) is 0.818. The van der Waals surface area contributed by atoms with Crippen LogP contribution in [0.2, 0.25) is 0 Å². The first-order valence-electron chi connectivity index (χ1n) is 3.72. The van der Waals surface area contributed by atoms with Gasteiger partial charge in [0.25, 0.3) is 5.91 Å². The Morgan fingerprint density at radius 1 is 1.67 bits per heavy atom. The van der Waals surface area contributed by atoms with Crippen LogP contribution < -0.4 is 5.32 Å². The van der Waals surface area contributed by atoms with E-state index < -0.39 is 0 Å². The highest BCUT2D eigenvalue weighted by molar-refractivity contribution is 7.12. The number of carbonyl (C=O) groups is 1. The van der Waals surface area contributed by atoms with Crippen molar-refractivity contribution in [2.75, 3.05) is 12.4 Å². The monoisotopic (exact) mass is 203 g/mol. The smallest absolute Gasteiger partial charge is 0.261 e. The Labute approximate surface area is 80.5 Å². The quantitative estimate of drug-likeness (QED) is 0.590. The van der Waals surface area contributed by atoms with Crippen LogP contribution in [0.5, 0.6) is 0 Å². The fraction of sp³-hybridized carbons (Fsp3) is 0.375. The number of thiophene rings is 1. The highest BCUT2D eigenvalue weighted by Gasteiger charge is 2.03. The van der Waals surface area contributed by atoms with Gasteiger partial charge in [-0.05, 0) is 17.9 Å². The van der Waals surface area contributed by atoms with Crippen molar-refractivity contribution in [3.8, 4) is 0 Å². The standard InChI is InChI=1S/C8H10ClNOS/c9-4-2-5-10-8(11)7-3-1-6-12-7/h1,3,6H,2,4-5H2,(H,10,11). The Balaban J connectivity index is 2.30. The number of carbonyl (C=O) groups excluding carboxylic acids is 1. The Morgan fingerprint density at radius 3 is 3.08 bits per heavy atom. The van der Waals surface area contributed by atoms with Crippen molar-refractivity contribution in [1.29, 1.82) is 0 Å². The maximum Gasteiger partial charge on any atom is 0.261 e. The fourth-order valence-electron chi connectivity index (χ4n) is 0.764. The van der Waals surface area contributed by atoms with Gasteiger partial charge in [0.15, 0.2) is 0 Å². The molecule has 0 aromatic carbocycles. The molecule has 0 saturated heterocycles. The third-order valence-corrected chi connectivity index (χ3v) is 2.48. The van der Waals surface area contributed by atoms with Gasteiger partial charge in [0.1, 0.15) is 0 Å². The van der Waals surface area contributed by atoms with Crippen LogP contribution in [0.1, 0.15) is 16.1 Å². The zero-order valence-corrected chi connectivity index (χ0v) is 8.12. The van der Waals surface area contributed by atoms with Crippen LogP contribution in [-0.2, 0) is 0 Å². The number of nitrogens with one attached hydrogen (secondary N) is 1. The van der Waals surface area contributed by atoms with Crippen molar-refractivity contribution >= 4 is 28.8 Å². The molecule has 0 atom stereocenters. The van der Waals surface area contributed by atoms with Gasteiger partial charge in [-0.2, -0.15) is 0 Å². The second kappa shape index (κ2) is 5.17. The molecule has 0 aliphatic heterocycles. The van der Waals surface area contributed by atoms with Crippen molar-refractivity contribution in [3.63, 3.8) is 0 Å². The lowest BCUT2D eigenvalue weighted by Crippen LogP contribution is -2.23. The molecule has 0 bridgehead atoms. The van der Waals surface area contributed by atoms with Crippen LogP contribution >= 0.6 is 22.9 Å². The van der Waals surface area contributed by atoms with E-state index >= 15 is 0 Å². The van der Waals surface area contributed by atoms with Gasteiger partial charge in [0.05, 0.1) is 4.88 Å². The van der Waals surface area contributed by atoms with E-state index in [1.165, 1.54) is 11.3 Å². The molecule has 0 spiro atoms. The van der Waals surface area contributed by atoms with E-state index in [4.69, 9.17) is 11.6 Å². The second-order valence-corrected chi connectivity index (χ2v) is 3.60. The van der Waals surface area contributed by atoms with Crippen LogP contribution in [0.15, 0.2) is 17.5 Å². The fourth-order valence-corrected chi connectivity index (χ4v) is 1.54. The maximum atomic E-state index is 11.2. The van der Waals surface area contributed by atoms with Crippen molar-refractivity contribution in [2.45, 2.75) is 6.42 Å². The molecule has 0 saturated carbocycles. The molecule has 0 unspecified atom stereocenters. The average molecular weight is 204 g/mol. The minimum atomic E-state index is -0.00452.